The third-order valence-corrected chi connectivity index (χ3v) is 3.85. The largest absolute Gasteiger partial charge is 0.514 e. The fourth-order valence-electron chi connectivity index (χ4n) is 2.36. The summed E-state index contributed by atoms with van der Waals surface area (Å²) in [5.74, 6) is 1.28. The molecule has 2 aromatic rings. The van der Waals surface area contributed by atoms with E-state index in [-0.39, 0.29) is 23.4 Å². The molecular formula is C18H17ClN2O4. The third-order valence-electron chi connectivity index (χ3n) is 3.67. The van der Waals surface area contributed by atoms with Crippen molar-refractivity contribution in [3.63, 3.8) is 0 Å². The number of hydrogen-bond donors (Lipinski definition) is 0. The molecule has 1 aliphatic carbocycles. The Hall–Kier alpha value is -2.60. The van der Waals surface area contributed by atoms with Gasteiger partial charge in [-0.05, 0) is 36.8 Å². The van der Waals surface area contributed by atoms with Crippen LogP contribution in [-0.2, 0) is 4.74 Å². The van der Waals surface area contributed by atoms with Gasteiger partial charge in [0.25, 0.3) is 5.88 Å². The molecular weight excluding hydrogens is 344 g/mol. The Morgan fingerprint density at radius 3 is 2.92 bits per heavy atom. The maximum Gasteiger partial charge on any atom is 0.514 e. The van der Waals surface area contributed by atoms with Crippen LogP contribution in [0.3, 0.4) is 0 Å². The van der Waals surface area contributed by atoms with Crippen LogP contribution in [0.1, 0.15) is 29.9 Å². The first-order valence-electron chi connectivity index (χ1n) is 7.84. The predicted molar refractivity (Wildman–Crippen MR) is 92.4 cm³/mol. The van der Waals surface area contributed by atoms with Gasteiger partial charge in [0, 0.05) is 6.07 Å². The van der Waals surface area contributed by atoms with Crippen molar-refractivity contribution in [1.29, 1.82) is 0 Å². The molecule has 1 saturated carbocycles. The quantitative estimate of drug-likeness (QED) is 0.543. The average molecular weight is 361 g/mol. The number of aryl methyl sites for hydroxylation is 1. The Morgan fingerprint density at radius 1 is 1.40 bits per heavy atom. The van der Waals surface area contributed by atoms with E-state index in [1.165, 1.54) is 12.1 Å². The van der Waals surface area contributed by atoms with Gasteiger partial charge in [0.15, 0.2) is 5.15 Å². The first kappa shape index (κ1) is 17.2. The molecule has 130 valence electrons. The van der Waals surface area contributed by atoms with Crippen molar-refractivity contribution in [1.82, 2.24) is 10.2 Å². The molecule has 7 heteroatoms. The number of hydrogen-bond acceptors (Lipinski definition) is 6. The second kappa shape index (κ2) is 7.53. The Kier molecular flexibility index (Phi) is 5.19. The zero-order chi connectivity index (χ0) is 17.8. The van der Waals surface area contributed by atoms with Crippen LogP contribution in [0.5, 0.6) is 17.4 Å². The molecule has 1 aliphatic rings. The molecule has 6 nitrogen and oxygen atoms in total. The molecule has 0 spiro atoms. The smallest absolute Gasteiger partial charge is 0.434 e. The summed E-state index contributed by atoms with van der Waals surface area (Å²) < 4.78 is 15.9. The summed E-state index contributed by atoms with van der Waals surface area (Å²) in [6.45, 7) is 5.45. The van der Waals surface area contributed by atoms with Gasteiger partial charge < -0.3 is 14.2 Å². The van der Waals surface area contributed by atoms with Gasteiger partial charge in [-0.25, -0.2) is 4.79 Å². The average Bonchev–Trinajstić information content (AvgIpc) is 3.42. The highest BCUT2D eigenvalue weighted by Gasteiger charge is 2.28. The molecule has 1 heterocycles. The van der Waals surface area contributed by atoms with Crippen molar-refractivity contribution in [2.45, 2.75) is 25.7 Å². The molecule has 25 heavy (non-hydrogen) atoms. The number of carbonyl (C=O) groups excluding carboxylic acids is 1. The molecule has 0 atom stereocenters. The van der Waals surface area contributed by atoms with Crippen LogP contribution < -0.4 is 9.47 Å². The third kappa shape index (κ3) is 4.28. The van der Waals surface area contributed by atoms with Crippen LogP contribution in [0, 0.1) is 6.92 Å². The topological polar surface area (TPSA) is 70.5 Å². The fourth-order valence-corrected chi connectivity index (χ4v) is 2.50. The zero-order valence-electron chi connectivity index (χ0n) is 13.7. The molecule has 0 unspecified atom stereocenters. The molecule has 3 rings (SSSR count). The Morgan fingerprint density at radius 2 is 2.20 bits per heavy atom. The van der Waals surface area contributed by atoms with Crippen LogP contribution >= 0.6 is 11.6 Å². The lowest BCUT2D eigenvalue weighted by molar-refractivity contribution is 0.108. The molecule has 0 bridgehead atoms. The van der Waals surface area contributed by atoms with Gasteiger partial charge in [-0.1, -0.05) is 42.5 Å². The summed E-state index contributed by atoms with van der Waals surface area (Å²) in [7, 11) is 0. The van der Waals surface area contributed by atoms with Crippen molar-refractivity contribution >= 4 is 17.8 Å². The number of para-hydroxylation sites is 1. The van der Waals surface area contributed by atoms with E-state index in [9.17, 15) is 4.79 Å². The molecule has 0 radical (unpaired) electrons. The lowest BCUT2D eigenvalue weighted by atomic mass is 10.1. The zero-order valence-corrected chi connectivity index (χ0v) is 14.5. The normalized spacial score (nSPS) is 13.2. The monoisotopic (exact) mass is 360 g/mol. The van der Waals surface area contributed by atoms with Crippen LogP contribution in [-0.4, -0.2) is 23.0 Å². The van der Waals surface area contributed by atoms with E-state index in [1.54, 1.807) is 0 Å². The number of halogens is 1. The van der Waals surface area contributed by atoms with Crippen molar-refractivity contribution in [3.05, 3.63) is 53.2 Å². The van der Waals surface area contributed by atoms with E-state index < -0.39 is 6.16 Å². The number of aromatic nitrogens is 2. The molecule has 0 N–H and O–H groups in total. The van der Waals surface area contributed by atoms with Crippen LogP contribution in [0.2, 0.25) is 5.15 Å². The van der Waals surface area contributed by atoms with Gasteiger partial charge in [0.2, 0.25) is 5.75 Å². The van der Waals surface area contributed by atoms with Gasteiger partial charge in [0.05, 0.1) is 0 Å². The molecule has 0 aliphatic heterocycles. The number of ether oxygens (including phenoxy) is 3. The standard InChI is InChI=1S/C18H17ClN2O4/c1-3-9-23-18(22)24-14-10-15(19)20-21-17(14)25-16-11(2)5-4-6-13(16)12-7-8-12/h3-6,10,12H,1,7-9H2,2H3. The predicted octanol–water partition coefficient (Wildman–Crippen LogP) is 4.81. The minimum Gasteiger partial charge on any atom is -0.434 e. The lowest BCUT2D eigenvalue weighted by Gasteiger charge is -2.14. The molecule has 1 aromatic heterocycles. The van der Waals surface area contributed by atoms with Gasteiger partial charge >= 0.3 is 6.16 Å². The minimum atomic E-state index is -0.902. The van der Waals surface area contributed by atoms with Crippen LogP contribution in [0.15, 0.2) is 36.9 Å². The molecule has 1 fully saturated rings. The number of rotatable bonds is 6. The Balaban J connectivity index is 1.88. The summed E-state index contributed by atoms with van der Waals surface area (Å²) in [5, 5.41) is 7.75. The Bertz CT molecular complexity index is 806. The molecule has 1 aromatic carbocycles. The molecule has 0 amide bonds. The van der Waals surface area contributed by atoms with Crippen molar-refractivity contribution < 1.29 is 19.0 Å². The highest BCUT2D eigenvalue weighted by atomic mass is 35.5. The van der Waals surface area contributed by atoms with Crippen molar-refractivity contribution in [2.75, 3.05) is 6.61 Å². The highest BCUT2D eigenvalue weighted by molar-refractivity contribution is 6.29. The summed E-state index contributed by atoms with van der Waals surface area (Å²) in [6, 6.07) is 7.33. The second-order valence-electron chi connectivity index (χ2n) is 5.66. The maximum absolute atomic E-state index is 11.7. The van der Waals surface area contributed by atoms with E-state index in [1.807, 2.05) is 25.1 Å². The first-order valence-corrected chi connectivity index (χ1v) is 8.22. The highest BCUT2D eigenvalue weighted by Crippen LogP contribution is 2.46. The van der Waals surface area contributed by atoms with Gasteiger partial charge in [-0.3, -0.25) is 0 Å². The summed E-state index contributed by atoms with van der Waals surface area (Å²) in [4.78, 5) is 11.7. The lowest BCUT2D eigenvalue weighted by Crippen LogP contribution is -2.12. The number of nitrogens with zero attached hydrogens (tertiary/aromatic N) is 2. The maximum atomic E-state index is 11.7. The van der Waals surface area contributed by atoms with E-state index in [0.717, 1.165) is 24.0 Å². The van der Waals surface area contributed by atoms with Crippen molar-refractivity contribution in [2.24, 2.45) is 0 Å². The summed E-state index contributed by atoms with van der Waals surface area (Å²) in [6.07, 6.45) is 2.79. The minimum absolute atomic E-state index is 0.0326. The second-order valence-corrected chi connectivity index (χ2v) is 6.05. The first-order chi connectivity index (χ1) is 12.1. The van der Waals surface area contributed by atoms with Crippen LogP contribution in [0.4, 0.5) is 4.79 Å². The molecule has 0 saturated heterocycles. The van der Waals surface area contributed by atoms with E-state index >= 15 is 0 Å². The van der Waals surface area contributed by atoms with Gasteiger partial charge in [-0.2, -0.15) is 0 Å². The summed E-state index contributed by atoms with van der Waals surface area (Å²) in [5.41, 5.74) is 2.07. The van der Waals surface area contributed by atoms with Gasteiger partial charge in [0.1, 0.15) is 12.4 Å². The number of benzene rings is 1. The van der Waals surface area contributed by atoms with Gasteiger partial charge in [-0.15, -0.1) is 10.2 Å². The van der Waals surface area contributed by atoms with E-state index in [4.69, 9.17) is 25.8 Å². The Labute approximate surface area is 150 Å². The van der Waals surface area contributed by atoms with E-state index in [2.05, 4.69) is 16.8 Å². The van der Waals surface area contributed by atoms with Crippen molar-refractivity contribution in [3.8, 4) is 17.4 Å². The summed E-state index contributed by atoms with van der Waals surface area (Å²) >= 11 is 5.85. The number of carbonyl (C=O) groups is 1. The fraction of sp³-hybridized carbons (Fsp3) is 0.278. The van der Waals surface area contributed by atoms with Crippen LogP contribution in [0.25, 0.3) is 0 Å². The SMILES string of the molecule is C=CCOC(=O)Oc1cc(Cl)nnc1Oc1c(C)cccc1C1CC1. The van der Waals surface area contributed by atoms with E-state index in [0.29, 0.717) is 11.7 Å².